The summed E-state index contributed by atoms with van der Waals surface area (Å²) in [4.78, 5) is 11.0. The van der Waals surface area contributed by atoms with Crippen molar-refractivity contribution in [2.24, 2.45) is 4.99 Å². The van der Waals surface area contributed by atoms with Gasteiger partial charge in [-0.05, 0) is 42.8 Å². The molecule has 166 valence electrons. The SMILES string of the molecule is CCNC(=NCc1cccc(-c2ncn[nH]2)c1)N(C)CCOc1ccc(OC)cc1.I. The number of methoxy groups -OCH3 is 1. The second kappa shape index (κ2) is 12.8. The van der Waals surface area contributed by atoms with Crippen molar-refractivity contribution >= 4 is 29.9 Å². The zero-order valence-corrected chi connectivity index (χ0v) is 20.4. The molecule has 0 bridgehead atoms. The topological polar surface area (TPSA) is 87.7 Å². The first-order chi connectivity index (χ1) is 14.7. The number of aromatic nitrogens is 3. The summed E-state index contributed by atoms with van der Waals surface area (Å²) < 4.78 is 11.0. The molecule has 3 rings (SSSR count). The molecule has 0 unspecified atom stereocenters. The Balaban J connectivity index is 0.00000341. The highest BCUT2D eigenvalue weighted by molar-refractivity contribution is 14.0. The fourth-order valence-electron chi connectivity index (χ4n) is 2.88. The number of nitrogens with zero attached hydrogens (tertiary/aromatic N) is 4. The largest absolute Gasteiger partial charge is 0.497 e. The molecule has 0 saturated carbocycles. The van der Waals surface area contributed by atoms with Gasteiger partial charge >= 0.3 is 0 Å². The first-order valence-electron chi connectivity index (χ1n) is 9.90. The molecule has 0 aliphatic rings. The smallest absolute Gasteiger partial charge is 0.194 e. The van der Waals surface area contributed by atoms with Crippen LogP contribution in [-0.2, 0) is 6.54 Å². The average molecular weight is 536 g/mol. The Bertz CT molecular complexity index is 931. The number of nitrogens with one attached hydrogen (secondary N) is 2. The van der Waals surface area contributed by atoms with E-state index in [4.69, 9.17) is 14.5 Å². The van der Waals surface area contributed by atoms with Gasteiger partial charge in [0.1, 0.15) is 24.4 Å². The van der Waals surface area contributed by atoms with Crippen LogP contribution in [0.3, 0.4) is 0 Å². The predicted molar refractivity (Wildman–Crippen MR) is 133 cm³/mol. The number of guanidine groups is 1. The molecule has 0 spiro atoms. The van der Waals surface area contributed by atoms with Gasteiger partial charge in [0.15, 0.2) is 11.8 Å². The summed E-state index contributed by atoms with van der Waals surface area (Å²) >= 11 is 0. The molecule has 0 radical (unpaired) electrons. The highest BCUT2D eigenvalue weighted by Crippen LogP contribution is 2.17. The van der Waals surface area contributed by atoms with Gasteiger partial charge in [0.25, 0.3) is 0 Å². The minimum Gasteiger partial charge on any atom is -0.497 e. The van der Waals surface area contributed by atoms with E-state index in [-0.39, 0.29) is 24.0 Å². The normalized spacial score (nSPS) is 10.9. The number of likely N-dealkylation sites (N-methyl/N-ethyl adjacent to an activating group) is 1. The maximum Gasteiger partial charge on any atom is 0.194 e. The van der Waals surface area contributed by atoms with Crippen molar-refractivity contribution in [1.29, 1.82) is 0 Å². The number of rotatable bonds is 9. The number of ether oxygens (including phenoxy) is 2. The third-order valence-electron chi connectivity index (χ3n) is 4.48. The van der Waals surface area contributed by atoms with Crippen molar-refractivity contribution in [2.45, 2.75) is 13.5 Å². The minimum absolute atomic E-state index is 0. The summed E-state index contributed by atoms with van der Waals surface area (Å²) in [6.45, 7) is 4.67. The van der Waals surface area contributed by atoms with Crippen LogP contribution in [0.5, 0.6) is 11.5 Å². The van der Waals surface area contributed by atoms with Crippen LogP contribution in [0.4, 0.5) is 0 Å². The fourth-order valence-corrected chi connectivity index (χ4v) is 2.88. The third kappa shape index (κ3) is 7.42. The van der Waals surface area contributed by atoms with Crippen molar-refractivity contribution in [2.75, 3.05) is 33.9 Å². The van der Waals surface area contributed by atoms with Gasteiger partial charge in [-0.3, -0.25) is 5.10 Å². The van der Waals surface area contributed by atoms with E-state index in [2.05, 4.69) is 44.5 Å². The van der Waals surface area contributed by atoms with Gasteiger partial charge in [-0.2, -0.15) is 5.10 Å². The van der Waals surface area contributed by atoms with Crippen LogP contribution in [0.1, 0.15) is 12.5 Å². The second-order valence-electron chi connectivity index (χ2n) is 6.65. The Morgan fingerprint density at radius 2 is 1.94 bits per heavy atom. The van der Waals surface area contributed by atoms with E-state index >= 15 is 0 Å². The van der Waals surface area contributed by atoms with Gasteiger partial charge in [-0.15, -0.1) is 24.0 Å². The Morgan fingerprint density at radius 3 is 2.61 bits per heavy atom. The Morgan fingerprint density at radius 1 is 1.16 bits per heavy atom. The summed E-state index contributed by atoms with van der Waals surface area (Å²) in [6.07, 6.45) is 1.51. The Kier molecular flexibility index (Phi) is 10.1. The van der Waals surface area contributed by atoms with E-state index in [9.17, 15) is 0 Å². The standard InChI is InChI=1S/C22H28N6O2.HI/c1-4-23-22(28(2)12-13-30-20-10-8-19(29-3)9-11-20)24-15-17-6-5-7-18(14-17)21-25-16-26-27-21;/h5-11,14,16H,4,12-13,15H2,1-3H3,(H,23,24)(H,25,26,27);1H. The van der Waals surface area contributed by atoms with Crippen LogP contribution >= 0.6 is 24.0 Å². The van der Waals surface area contributed by atoms with Crippen molar-refractivity contribution < 1.29 is 9.47 Å². The molecule has 0 atom stereocenters. The lowest BCUT2D eigenvalue weighted by Crippen LogP contribution is -2.40. The zero-order chi connectivity index (χ0) is 21.2. The lowest BCUT2D eigenvalue weighted by Gasteiger charge is -2.22. The van der Waals surface area contributed by atoms with Crippen LogP contribution in [0, 0.1) is 0 Å². The summed E-state index contributed by atoms with van der Waals surface area (Å²) in [5.74, 6) is 3.21. The fraction of sp³-hybridized carbons (Fsp3) is 0.318. The highest BCUT2D eigenvalue weighted by atomic mass is 127. The van der Waals surface area contributed by atoms with Gasteiger partial charge in [-0.25, -0.2) is 9.98 Å². The Labute approximate surface area is 200 Å². The molecule has 2 aromatic carbocycles. The number of aliphatic imine (C=N–C) groups is 1. The predicted octanol–water partition coefficient (Wildman–Crippen LogP) is 3.57. The first-order valence-corrected chi connectivity index (χ1v) is 9.90. The highest BCUT2D eigenvalue weighted by Gasteiger charge is 2.07. The quantitative estimate of drug-likeness (QED) is 0.247. The molecule has 2 N–H and O–H groups in total. The lowest BCUT2D eigenvalue weighted by molar-refractivity contribution is 0.281. The van der Waals surface area contributed by atoms with Gasteiger partial charge in [0.2, 0.25) is 0 Å². The molecule has 1 heterocycles. The van der Waals surface area contributed by atoms with Crippen molar-refractivity contribution in [1.82, 2.24) is 25.4 Å². The zero-order valence-electron chi connectivity index (χ0n) is 18.0. The van der Waals surface area contributed by atoms with Crippen molar-refractivity contribution in [3.63, 3.8) is 0 Å². The Hall–Kier alpha value is -2.82. The molecule has 0 saturated heterocycles. The number of hydrogen-bond acceptors (Lipinski definition) is 5. The number of halogens is 1. The molecule has 0 fully saturated rings. The van der Waals surface area contributed by atoms with Crippen molar-refractivity contribution in [3.05, 3.63) is 60.4 Å². The van der Waals surface area contributed by atoms with Gasteiger partial charge in [0.05, 0.1) is 20.2 Å². The number of benzene rings is 2. The minimum atomic E-state index is 0. The number of aromatic amines is 1. The van der Waals surface area contributed by atoms with Gasteiger partial charge in [0, 0.05) is 19.2 Å². The average Bonchev–Trinajstić information content (AvgIpc) is 3.32. The first kappa shape index (κ1) is 24.4. The summed E-state index contributed by atoms with van der Waals surface area (Å²) in [7, 11) is 3.65. The van der Waals surface area contributed by atoms with E-state index in [0.29, 0.717) is 19.7 Å². The summed E-state index contributed by atoms with van der Waals surface area (Å²) in [5, 5.41) is 10.1. The van der Waals surface area contributed by atoms with E-state index in [0.717, 1.165) is 41.0 Å². The molecular formula is C22H29IN6O2. The maximum absolute atomic E-state index is 5.83. The molecule has 8 nitrogen and oxygen atoms in total. The van der Waals surface area contributed by atoms with Crippen LogP contribution in [0.2, 0.25) is 0 Å². The monoisotopic (exact) mass is 536 g/mol. The maximum atomic E-state index is 5.83. The molecule has 0 amide bonds. The molecule has 3 aromatic rings. The summed E-state index contributed by atoms with van der Waals surface area (Å²) in [6, 6.07) is 15.7. The van der Waals surface area contributed by atoms with E-state index in [1.54, 1.807) is 7.11 Å². The van der Waals surface area contributed by atoms with Crippen LogP contribution in [-0.4, -0.2) is 59.9 Å². The molecule has 1 aromatic heterocycles. The molecule has 0 aliphatic carbocycles. The van der Waals surface area contributed by atoms with E-state index < -0.39 is 0 Å². The van der Waals surface area contributed by atoms with E-state index in [1.165, 1.54) is 6.33 Å². The number of H-pyrrole nitrogens is 1. The van der Waals surface area contributed by atoms with Crippen molar-refractivity contribution in [3.8, 4) is 22.9 Å². The van der Waals surface area contributed by atoms with Crippen LogP contribution in [0.25, 0.3) is 11.4 Å². The van der Waals surface area contributed by atoms with Crippen LogP contribution < -0.4 is 14.8 Å². The van der Waals surface area contributed by atoms with Gasteiger partial charge in [-0.1, -0.05) is 18.2 Å². The lowest BCUT2D eigenvalue weighted by atomic mass is 10.1. The molecular weight excluding hydrogens is 507 g/mol. The molecule has 9 heteroatoms. The molecule has 31 heavy (non-hydrogen) atoms. The van der Waals surface area contributed by atoms with Crippen LogP contribution in [0.15, 0.2) is 59.9 Å². The molecule has 0 aliphatic heterocycles. The van der Waals surface area contributed by atoms with Gasteiger partial charge < -0.3 is 19.7 Å². The summed E-state index contributed by atoms with van der Waals surface area (Å²) in [5.41, 5.74) is 2.09. The second-order valence-corrected chi connectivity index (χ2v) is 6.65. The van der Waals surface area contributed by atoms with E-state index in [1.807, 2.05) is 43.4 Å². The third-order valence-corrected chi connectivity index (χ3v) is 4.48. The number of hydrogen-bond donors (Lipinski definition) is 2.